The Labute approximate surface area is 181 Å². The van der Waals surface area contributed by atoms with Gasteiger partial charge in [-0.25, -0.2) is 4.98 Å². The van der Waals surface area contributed by atoms with Crippen LogP contribution in [0.2, 0.25) is 5.02 Å². The van der Waals surface area contributed by atoms with Crippen molar-refractivity contribution in [2.75, 3.05) is 44.2 Å². The molecule has 30 heavy (non-hydrogen) atoms. The molecule has 2 aromatic rings. The Morgan fingerprint density at radius 1 is 1.17 bits per heavy atom. The quantitative estimate of drug-likeness (QED) is 0.792. The van der Waals surface area contributed by atoms with Crippen LogP contribution in [0.4, 0.5) is 5.82 Å². The zero-order chi connectivity index (χ0) is 20.9. The van der Waals surface area contributed by atoms with Gasteiger partial charge >= 0.3 is 0 Å². The molecule has 1 atom stereocenters. The molecule has 158 valence electrons. The first-order valence-electron chi connectivity index (χ1n) is 10.3. The van der Waals surface area contributed by atoms with Crippen LogP contribution in [0, 0.1) is 0 Å². The molecule has 8 heteroatoms. The van der Waals surface area contributed by atoms with Gasteiger partial charge in [-0.15, -0.1) is 0 Å². The summed E-state index contributed by atoms with van der Waals surface area (Å²) >= 11 is 6.01. The summed E-state index contributed by atoms with van der Waals surface area (Å²) in [6.07, 6.45) is 3.80. The number of aromatic nitrogens is 1. The van der Waals surface area contributed by atoms with Gasteiger partial charge in [0, 0.05) is 56.1 Å². The van der Waals surface area contributed by atoms with Crippen LogP contribution in [-0.4, -0.2) is 67.1 Å². The summed E-state index contributed by atoms with van der Waals surface area (Å²) in [5.41, 5.74) is 1.13. The topological polar surface area (TPSA) is 74.8 Å². The van der Waals surface area contributed by atoms with Crippen molar-refractivity contribution in [3.8, 4) is 0 Å². The van der Waals surface area contributed by atoms with E-state index >= 15 is 0 Å². The Morgan fingerprint density at radius 3 is 2.73 bits per heavy atom. The van der Waals surface area contributed by atoms with Gasteiger partial charge in [-0.05, 0) is 43.2 Å². The van der Waals surface area contributed by atoms with Gasteiger partial charge in [-0.2, -0.15) is 0 Å². The van der Waals surface area contributed by atoms with Crippen LogP contribution in [0.1, 0.15) is 33.6 Å². The highest BCUT2D eigenvalue weighted by molar-refractivity contribution is 6.30. The van der Waals surface area contributed by atoms with E-state index in [1.165, 1.54) is 0 Å². The van der Waals surface area contributed by atoms with Gasteiger partial charge in [-0.1, -0.05) is 17.7 Å². The highest BCUT2D eigenvalue weighted by atomic mass is 35.5. The number of nitrogens with zero attached hydrogens (tertiary/aromatic N) is 3. The fourth-order valence-corrected chi connectivity index (χ4v) is 4.05. The van der Waals surface area contributed by atoms with Crippen molar-refractivity contribution >= 4 is 29.2 Å². The molecule has 0 bridgehead atoms. The number of halogens is 1. The average molecular weight is 429 g/mol. The van der Waals surface area contributed by atoms with Gasteiger partial charge in [0.05, 0.1) is 11.7 Å². The van der Waals surface area contributed by atoms with Crippen LogP contribution in [0.15, 0.2) is 42.6 Å². The molecule has 0 saturated carbocycles. The number of amides is 2. The Hall–Kier alpha value is -2.64. The average Bonchev–Trinajstić information content (AvgIpc) is 3.31. The number of rotatable bonds is 5. The van der Waals surface area contributed by atoms with E-state index in [0.717, 1.165) is 19.4 Å². The monoisotopic (exact) mass is 428 g/mol. The normalized spacial score (nSPS) is 19.0. The van der Waals surface area contributed by atoms with Crippen molar-refractivity contribution in [3.05, 3.63) is 58.7 Å². The minimum atomic E-state index is -0.147. The number of hydrogen-bond donors (Lipinski definition) is 1. The molecular weight excluding hydrogens is 404 g/mol. The van der Waals surface area contributed by atoms with E-state index in [4.69, 9.17) is 16.3 Å². The molecule has 2 aliphatic rings. The maximum Gasteiger partial charge on any atom is 0.255 e. The number of piperazine rings is 1. The third-order valence-electron chi connectivity index (χ3n) is 5.48. The maximum atomic E-state index is 12.7. The van der Waals surface area contributed by atoms with Gasteiger partial charge in [-0.3, -0.25) is 9.59 Å². The Bertz CT molecular complexity index is 909. The van der Waals surface area contributed by atoms with Crippen molar-refractivity contribution in [2.24, 2.45) is 0 Å². The summed E-state index contributed by atoms with van der Waals surface area (Å²) < 4.78 is 5.58. The summed E-state index contributed by atoms with van der Waals surface area (Å²) in [7, 11) is 0. The molecule has 1 aromatic heterocycles. The molecule has 2 saturated heterocycles. The van der Waals surface area contributed by atoms with E-state index in [1.54, 1.807) is 42.6 Å². The zero-order valence-electron chi connectivity index (χ0n) is 16.7. The van der Waals surface area contributed by atoms with Crippen molar-refractivity contribution < 1.29 is 14.3 Å². The Kier molecular flexibility index (Phi) is 6.50. The number of nitrogens with one attached hydrogen (secondary N) is 1. The first-order valence-corrected chi connectivity index (χ1v) is 10.6. The van der Waals surface area contributed by atoms with Gasteiger partial charge in [0.25, 0.3) is 11.8 Å². The fourth-order valence-electron chi connectivity index (χ4n) is 3.86. The van der Waals surface area contributed by atoms with Crippen LogP contribution in [0.25, 0.3) is 0 Å². The lowest BCUT2D eigenvalue weighted by atomic mass is 10.1. The first kappa shape index (κ1) is 20.6. The molecule has 0 spiro atoms. The minimum Gasteiger partial charge on any atom is -0.376 e. The molecule has 2 amide bonds. The third-order valence-corrected chi connectivity index (χ3v) is 5.72. The van der Waals surface area contributed by atoms with E-state index in [2.05, 4.69) is 15.2 Å². The third kappa shape index (κ3) is 4.74. The van der Waals surface area contributed by atoms with Crippen molar-refractivity contribution in [1.29, 1.82) is 0 Å². The smallest absolute Gasteiger partial charge is 0.255 e. The van der Waals surface area contributed by atoms with Crippen molar-refractivity contribution in [2.45, 2.75) is 18.9 Å². The lowest BCUT2D eigenvalue weighted by molar-refractivity contribution is 0.0745. The number of carbonyl (C=O) groups excluding carboxylic acids is 2. The van der Waals surface area contributed by atoms with Crippen LogP contribution in [0.5, 0.6) is 0 Å². The SMILES string of the molecule is O=C(NC[C@@H]1CCCO1)c1cccnc1N1CCN(C(=O)c2cccc(Cl)c2)CC1. The van der Waals surface area contributed by atoms with Gasteiger partial charge in [0.1, 0.15) is 5.82 Å². The molecule has 0 unspecified atom stereocenters. The molecule has 0 aliphatic carbocycles. The molecule has 0 radical (unpaired) electrons. The lowest BCUT2D eigenvalue weighted by Crippen LogP contribution is -2.49. The first-order chi connectivity index (χ1) is 14.6. The standard InChI is InChI=1S/C22H25ClN4O3/c23-17-5-1-4-16(14-17)22(29)27-11-9-26(10-12-27)20-19(7-2-8-24-20)21(28)25-15-18-6-3-13-30-18/h1-2,4-5,7-8,14,18H,3,6,9-13,15H2,(H,25,28)/t18-/m0/s1. The van der Waals surface area contributed by atoms with E-state index in [9.17, 15) is 9.59 Å². The summed E-state index contributed by atoms with van der Waals surface area (Å²) in [5.74, 6) is 0.468. The van der Waals surface area contributed by atoms with Gasteiger partial charge in [0.15, 0.2) is 0 Å². The summed E-state index contributed by atoms with van der Waals surface area (Å²) in [4.78, 5) is 33.8. The summed E-state index contributed by atoms with van der Waals surface area (Å²) in [6.45, 7) is 3.59. The molecular formula is C22H25ClN4O3. The molecule has 1 aromatic carbocycles. The maximum absolute atomic E-state index is 12.7. The van der Waals surface area contributed by atoms with E-state index in [1.807, 2.05) is 4.90 Å². The second-order valence-corrected chi connectivity index (χ2v) is 7.95. The van der Waals surface area contributed by atoms with Crippen LogP contribution in [0.3, 0.4) is 0 Å². The second-order valence-electron chi connectivity index (χ2n) is 7.51. The predicted molar refractivity (Wildman–Crippen MR) is 115 cm³/mol. The lowest BCUT2D eigenvalue weighted by Gasteiger charge is -2.36. The summed E-state index contributed by atoms with van der Waals surface area (Å²) in [6, 6.07) is 10.5. The number of anilines is 1. The summed E-state index contributed by atoms with van der Waals surface area (Å²) in [5, 5.41) is 3.51. The predicted octanol–water partition coefficient (Wildman–Crippen LogP) is 2.61. The Morgan fingerprint density at radius 2 is 2.00 bits per heavy atom. The molecule has 3 heterocycles. The highest BCUT2D eigenvalue weighted by Gasteiger charge is 2.26. The minimum absolute atomic E-state index is 0.0345. The van der Waals surface area contributed by atoms with E-state index in [-0.39, 0.29) is 17.9 Å². The van der Waals surface area contributed by atoms with Gasteiger partial charge < -0.3 is 19.9 Å². The number of ether oxygens (including phenoxy) is 1. The molecule has 1 N–H and O–H groups in total. The van der Waals surface area contributed by atoms with Gasteiger partial charge in [0.2, 0.25) is 0 Å². The molecule has 7 nitrogen and oxygen atoms in total. The van der Waals surface area contributed by atoms with Crippen LogP contribution < -0.4 is 10.2 Å². The molecule has 2 fully saturated rings. The largest absolute Gasteiger partial charge is 0.376 e. The number of benzene rings is 1. The van der Waals surface area contributed by atoms with Crippen molar-refractivity contribution in [3.63, 3.8) is 0 Å². The zero-order valence-corrected chi connectivity index (χ0v) is 17.5. The van der Waals surface area contributed by atoms with Crippen LogP contribution in [-0.2, 0) is 4.74 Å². The Balaban J connectivity index is 1.38. The van der Waals surface area contributed by atoms with Crippen LogP contribution >= 0.6 is 11.6 Å². The molecule has 2 aliphatic heterocycles. The molecule has 4 rings (SSSR count). The van der Waals surface area contributed by atoms with E-state index in [0.29, 0.717) is 54.7 Å². The number of carbonyl (C=O) groups is 2. The van der Waals surface area contributed by atoms with E-state index < -0.39 is 0 Å². The fraction of sp³-hybridized carbons (Fsp3) is 0.409. The number of pyridine rings is 1. The van der Waals surface area contributed by atoms with Crippen molar-refractivity contribution in [1.82, 2.24) is 15.2 Å². The second kappa shape index (κ2) is 9.45. The highest BCUT2D eigenvalue weighted by Crippen LogP contribution is 2.21. The number of hydrogen-bond acceptors (Lipinski definition) is 5.